The lowest BCUT2D eigenvalue weighted by molar-refractivity contribution is -0.383. The van der Waals surface area contributed by atoms with E-state index in [1.54, 1.807) is 12.1 Å². The van der Waals surface area contributed by atoms with E-state index in [2.05, 4.69) is 10.3 Å². The number of hydrogen-bond donors (Lipinski definition) is 0. The number of carbonyl (C=O) groups is 4. The lowest BCUT2D eigenvalue weighted by Gasteiger charge is -2.28. The zero-order valence-corrected chi connectivity index (χ0v) is 26.7. The normalized spacial score (nSPS) is 14.0. The predicted octanol–water partition coefficient (Wildman–Crippen LogP) is 4.88. The molecule has 0 saturated heterocycles. The molecule has 51 heavy (non-hydrogen) atoms. The molecule has 6 rings (SSSR count). The van der Waals surface area contributed by atoms with E-state index < -0.39 is 41.4 Å². The number of rotatable bonds is 14. The second kappa shape index (κ2) is 15.4. The summed E-state index contributed by atoms with van der Waals surface area (Å²) in [5.41, 5.74) is 0.903. The first-order valence-electron chi connectivity index (χ1n) is 15.5. The number of anilines is 2. The third-order valence-electron chi connectivity index (χ3n) is 7.88. The van der Waals surface area contributed by atoms with E-state index in [0.717, 1.165) is 16.5 Å². The Balaban J connectivity index is 1.09. The Hall–Kier alpha value is -6.39. The Morgan fingerprint density at radius 2 is 1.59 bits per heavy atom. The lowest BCUT2D eigenvalue weighted by Crippen LogP contribution is -2.45. The molecule has 0 fully saturated rings. The predicted molar refractivity (Wildman–Crippen MR) is 176 cm³/mol. The molecule has 1 aliphatic rings. The quantitative estimate of drug-likeness (QED) is 0.0505. The van der Waals surface area contributed by atoms with Crippen molar-refractivity contribution >= 4 is 51.8 Å². The summed E-state index contributed by atoms with van der Waals surface area (Å²) in [5, 5.41) is 19.0. The number of imide groups is 1. The highest BCUT2D eigenvalue weighted by atomic mass is 19.1. The number of amides is 3. The van der Waals surface area contributed by atoms with Gasteiger partial charge >= 0.3 is 11.7 Å². The first-order chi connectivity index (χ1) is 24.7. The first kappa shape index (κ1) is 34.5. The number of halogens is 1. The minimum atomic E-state index is -1.95. The molecule has 0 bridgehead atoms. The second-order valence-corrected chi connectivity index (χ2v) is 11.1. The summed E-state index contributed by atoms with van der Waals surface area (Å²) in [6.45, 7) is -0.824. The number of ether oxygens (including phenoxy) is 3. The summed E-state index contributed by atoms with van der Waals surface area (Å²) in [7, 11) is 0. The van der Waals surface area contributed by atoms with Crippen LogP contribution in [0, 0.1) is 10.1 Å². The average Bonchev–Trinajstić information content (AvgIpc) is 3.65. The SMILES string of the molecule is O=C(OCc1ccccc1)c1ccc(N(C(=O)COCCOCCN2C(=O)c3ccccc3C(F)C2=O)c2ccc([N+](=O)[O-])c3nonc23)cc1. The van der Waals surface area contributed by atoms with Crippen LogP contribution in [-0.4, -0.2) is 76.8 Å². The van der Waals surface area contributed by atoms with Crippen LogP contribution in [-0.2, 0) is 30.4 Å². The number of nitro groups is 1. The van der Waals surface area contributed by atoms with E-state index >= 15 is 0 Å². The second-order valence-electron chi connectivity index (χ2n) is 11.1. The zero-order chi connectivity index (χ0) is 35.9. The molecule has 1 aromatic heterocycles. The molecule has 1 aliphatic heterocycles. The molecule has 0 spiro atoms. The monoisotopic (exact) mass is 697 g/mol. The van der Waals surface area contributed by atoms with Gasteiger partial charge in [0.05, 0.1) is 42.5 Å². The summed E-state index contributed by atoms with van der Waals surface area (Å²) in [6, 6.07) is 23.5. The van der Waals surface area contributed by atoms with Gasteiger partial charge in [-0.05, 0) is 52.3 Å². The van der Waals surface area contributed by atoms with Crippen LogP contribution in [0.5, 0.6) is 0 Å². The van der Waals surface area contributed by atoms with Crippen LogP contribution in [0.2, 0.25) is 0 Å². The van der Waals surface area contributed by atoms with Gasteiger partial charge in [0.15, 0.2) is 5.52 Å². The Kier molecular flexibility index (Phi) is 10.4. The van der Waals surface area contributed by atoms with Gasteiger partial charge in [-0.2, -0.15) is 0 Å². The van der Waals surface area contributed by atoms with Gasteiger partial charge in [-0.1, -0.05) is 48.5 Å². The molecule has 2 heterocycles. The lowest BCUT2D eigenvalue weighted by atomic mass is 9.97. The Bertz CT molecular complexity index is 2090. The topological polar surface area (TPSA) is 185 Å². The van der Waals surface area contributed by atoms with Crippen molar-refractivity contribution in [3.63, 3.8) is 0 Å². The van der Waals surface area contributed by atoms with Crippen molar-refractivity contribution in [1.29, 1.82) is 0 Å². The molecule has 5 aromatic rings. The van der Waals surface area contributed by atoms with Crippen LogP contribution in [0.1, 0.15) is 38.0 Å². The highest BCUT2D eigenvalue weighted by molar-refractivity contribution is 6.11. The van der Waals surface area contributed by atoms with Crippen molar-refractivity contribution in [3.8, 4) is 0 Å². The number of fused-ring (bicyclic) bond motifs is 2. The number of nitrogens with zero attached hydrogens (tertiary/aromatic N) is 5. The van der Waals surface area contributed by atoms with Gasteiger partial charge in [0.2, 0.25) is 11.7 Å². The third kappa shape index (κ3) is 7.46. The van der Waals surface area contributed by atoms with Crippen molar-refractivity contribution in [2.45, 2.75) is 12.8 Å². The molecule has 4 aromatic carbocycles. The molecule has 1 unspecified atom stereocenters. The largest absolute Gasteiger partial charge is 0.457 e. The van der Waals surface area contributed by atoms with Crippen molar-refractivity contribution < 1.29 is 47.3 Å². The van der Waals surface area contributed by atoms with Crippen LogP contribution < -0.4 is 4.90 Å². The molecule has 0 N–H and O–H groups in total. The van der Waals surface area contributed by atoms with E-state index in [1.807, 2.05) is 30.3 Å². The summed E-state index contributed by atoms with van der Waals surface area (Å²) >= 11 is 0. The summed E-state index contributed by atoms with van der Waals surface area (Å²) in [5.74, 6) is -2.79. The summed E-state index contributed by atoms with van der Waals surface area (Å²) in [6.07, 6.45) is -1.95. The Morgan fingerprint density at radius 3 is 2.35 bits per heavy atom. The average molecular weight is 698 g/mol. The highest BCUT2D eigenvalue weighted by Gasteiger charge is 2.38. The maximum absolute atomic E-state index is 14.6. The Morgan fingerprint density at radius 1 is 0.882 bits per heavy atom. The number of benzene rings is 4. The number of esters is 1. The van der Waals surface area contributed by atoms with E-state index in [4.69, 9.17) is 18.8 Å². The number of hydrogen-bond acceptors (Lipinski definition) is 12. The highest BCUT2D eigenvalue weighted by Crippen LogP contribution is 2.35. The van der Waals surface area contributed by atoms with Crippen LogP contribution in [0.15, 0.2) is 95.6 Å². The van der Waals surface area contributed by atoms with Gasteiger partial charge in [0.1, 0.15) is 13.2 Å². The molecule has 16 heteroatoms. The summed E-state index contributed by atoms with van der Waals surface area (Å²) in [4.78, 5) is 64.4. The van der Waals surface area contributed by atoms with Crippen LogP contribution in [0.4, 0.5) is 21.5 Å². The van der Waals surface area contributed by atoms with E-state index in [1.165, 1.54) is 47.4 Å². The molecule has 0 radical (unpaired) electrons. The first-order valence-corrected chi connectivity index (χ1v) is 15.5. The molecule has 0 aliphatic carbocycles. The zero-order valence-electron chi connectivity index (χ0n) is 26.7. The number of aromatic nitrogens is 2. The fourth-order valence-electron chi connectivity index (χ4n) is 5.38. The molecular weight excluding hydrogens is 669 g/mol. The fourth-order valence-corrected chi connectivity index (χ4v) is 5.38. The van der Waals surface area contributed by atoms with E-state index in [-0.39, 0.29) is 77.8 Å². The maximum atomic E-state index is 14.6. The van der Waals surface area contributed by atoms with E-state index in [0.29, 0.717) is 0 Å². The number of non-ortho nitro benzene ring substituents is 1. The van der Waals surface area contributed by atoms with Crippen molar-refractivity contribution in [2.24, 2.45) is 0 Å². The van der Waals surface area contributed by atoms with Gasteiger partial charge < -0.3 is 14.2 Å². The standard InChI is InChI=1S/C35H28FN5O10/c36-30-25-8-4-5-9-26(25)33(43)39(34(30)44)16-17-48-18-19-49-21-29(42)40(27-14-15-28(41(46)47)32-31(27)37-51-38-32)24-12-10-23(11-13-24)35(45)50-20-22-6-2-1-3-7-22/h1-15,30H,16-21H2. The number of alkyl halides is 1. The van der Waals surface area contributed by atoms with Gasteiger partial charge in [0, 0.05) is 22.9 Å². The maximum Gasteiger partial charge on any atom is 0.338 e. The molecular formula is C35H28FN5O10. The number of nitro benzene ring substituents is 1. The molecule has 260 valence electrons. The Labute approximate surface area is 288 Å². The minimum Gasteiger partial charge on any atom is -0.457 e. The molecule has 0 saturated carbocycles. The van der Waals surface area contributed by atoms with Gasteiger partial charge in [-0.15, -0.1) is 0 Å². The summed E-state index contributed by atoms with van der Waals surface area (Å²) < 4.78 is 35.8. The smallest absolute Gasteiger partial charge is 0.338 e. The van der Waals surface area contributed by atoms with Crippen LogP contribution in [0.25, 0.3) is 11.0 Å². The van der Waals surface area contributed by atoms with Crippen molar-refractivity contribution in [3.05, 3.63) is 123 Å². The van der Waals surface area contributed by atoms with Crippen LogP contribution >= 0.6 is 0 Å². The third-order valence-corrected chi connectivity index (χ3v) is 7.88. The minimum absolute atomic E-state index is 0.0309. The van der Waals surface area contributed by atoms with Crippen molar-refractivity contribution in [2.75, 3.05) is 37.9 Å². The van der Waals surface area contributed by atoms with E-state index in [9.17, 15) is 33.7 Å². The molecule has 1 atom stereocenters. The molecule has 15 nitrogen and oxygen atoms in total. The van der Waals surface area contributed by atoms with Crippen molar-refractivity contribution in [1.82, 2.24) is 15.2 Å². The molecule has 3 amide bonds. The fraction of sp³-hybridized carbons (Fsp3) is 0.200. The van der Waals surface area contributed by atoms with Gasteiger partial charge in [-0.3, -0.25) is 34.3 Å². The van der Waals surface area contributed by atoms with Crippen LogP contribution in [0.3, 0.4) is 0 Å². The van der Waals surface area contributed by atoms with Gasteiger partial charge in [0.25, 0.3) is 17.7 Å². The number of carbonyl (C=O) groups excluding carboxylic acids is 4. The van der Waals surface area contributed by atoms with Gasteiger partial charge in [-0.25, -0.2) is 13.8 Å².